The third-order valence-corrected chi connectivity index (χ3v) is 2.35. The molecule has 1 heterocycles. The topological polar surface area (TPSA) is 55.0 Å². The van der Waals surface area contributed by atoms with Gasteiger partial charge < -0.3 is 9.72 Å². The number of nitrogens with one attached hydrogen (secondary N) is 1. The van der Waals surface area contributed by atoms with Crippen molar-refractivity contribution in [2.75, 3.05) is 0 Å². The van der Waals surface area contributed by atoms with E-state index in [2.05, 4.69) is 9.97 Å². The Morgan fingerprint density at radius 1 is 1.19 bits per heavy atom. The lowest BCUT2D eigenvalue weighted by Crippen LogP contribution is -2.04. The first-order valence-electron chi connectivity index (χ1n) is 4.95. The summed E-state index contributed by atoms with van der Waals surface area (Å²) in [4.78, 5) is 17.4. The first-order chi connectivity index (χ1) is 7.65. The number of aryl methyl sites for hydroxylation is 2. The molecule has 0 aliphatic heterocycles. The molecule has 0 aliphatic carbocycles. The molecule has 2 aromatic rings. The van der Waals surface area contributed by atoms with Gasteiger partial charge in [-0.15, -0.1) is 0 Å². The van der Waals surface area contributed by atoms with Gasteiger partial charge in [0.05, 0.1) is 12.4 Å². The molecule has 4 heteroatoms. The van der Waals surface area contributed by atoms with Crippen molar-refractivity contribution < 1.29 is 4.74 Å². The van der Waals surface area contributed by atoms with Crippen LogP contribution >= 0.6 is 0 Å². The van der Waals surface area contributed by atoms with Gasteiger partial charge in [-0.1, -0.05) is 6.07 Å². The van der Waals surface area contributed by atoms with Crippen LogP contribution in [0.3, 0.4) is 0 Å². The maximum atomic E-state index is 11.0. The van der Waals surface area contributed by atoms with E-state index in [0.29, 0.717) is 11.6 Å². The molecule has 0 fully saturated rings. The predicted octanol–water partition coefficient (Wildman–Crippen LogP) is 2.18. The second-order valence-corrected chi connectivity index (χ2v) is 3.60. The number of hydrogen-bond acceptors (Lipinski definition) is 3. The van der Waals surface area contributed by atoms with E-state index < -0.39 is 0 Å². The highest BCUT2D eigenvalue weighted by molar-refractivity contribution is 5.35. The van der Waals surface area contributed by atoms with Crippen molar-refractivity contribution in [1.29, 1.82) is 0 Å². The summed E-state index contributed by atoms with van der Waals surface area (Å²) in [5, 5.41) is 0. The Bertz CT molecular complexity index is 561. The molecule has 82 valence electrons. The first-order valence-corrected chi connectivity index (χ1v) is 4.95. The number of ether oxygens (including phenoxy) is 1. The van der Waals surface area contributed by atoms with Crippen LogP contribution in [0.2, 0.25) is 0 Å². The van der Waals surface area contributed by atoms with Gasteiger partial charge in [0.1, 0.15) is 5.75 Å². The number of benzene rings is 1. The highest BCUT2D eigenvalue weighted by Crippen LogP contribution is 2.20. The summed E-state index contributed by atoms with van der Waals surface area (Å²) in [5.74, 6) is 0.980. The molecule has 0 unspecified atom stereocenters. The molecule has 0 atom stereocenters. The Morgan fingerprint density at radius 2 is 2.00 bits per heavy atom. The average molecular weight is 216 g/mol. The van der Waals surface area contributed by atoms with Crippen molar-refractivity contribution >= 4 is 0 Å². The number of nitrogens with zero attached hydrogens (tertiary/aromatic N) is 1. The van der Waals surface area contributed by atoms with Crippen molar-refractivity contribution in [3.8, 4) is 11.6 Å². The van der Waals surface area contributed by atoms with Gasteiger partial charge in [-0.05, 0) is 37.1 Å². The third kappa shape index (κ3) is 2.28. The van der Waals surface area contributed by atoms with Gasteiger partial charge in [0.2, 0.25) is 5.88 Å². The maximum Gasteiger partial charge on any atom is 0.254 e. The van der Waals surface area contributed by atoms with Crippen molar-refractivity contribution in [3.63, 3.8) is 0 Å². The highest BCUT2D eigenvalue weighted by Gasteiger charge is 2.00. The van der Waals surface area contributed by atoms with E-state index in [1.54, 1.807) is 0 Å². The molecular weight excluding hydrogens is 204 g/mol. The normalized spacial score (nSPS) is 10.1. The fourth-order valence-corrected chi connectivity index (χ4v) is 1.30. The summed E-state index contributed by atoms with van der Waals surface area (Å²) in [6, 6.07) is 7.05. The lowest BCUT2D eigenvalue weighted by Gasteiger charge is -2.06. The van der Waals surface area contributed by atoms with Crippen LogP contribution in [-0.4, -0.2) is 9.97 Å². The fraction of sp³-hybridized carbons (Fsp3) is 0.167. The Labute approximate surface area is 92.9 Å². The molecule has 1 aromatic carbocycles. The monoisotopic (exact) mass is 216 g/mol. The molecule has 4 nitrogen and oxygen atoms in total. The quantitative estimate of drug-likeness (QED) is 0.837. The Hall–Kier alpha value is -2.10. The predicted molar refractivity (Wildman–Crippen MR) is 60.8 cm³/mol. The van der Waals surface area contributed by atoms with Crippen LogP contribution in [0.1, 0.15) is 11.1 Å². The van der Waals surface area contributed by atoms with Crippen LogP contribution in [0.25, 0.3) is 0 Å². The third-order valence-electron chi connectivity index (χ3n) is 2.35. The number of hydrogen-bond donors (Lipinski definition) is 1. The van der Waals surface area contributed by atoms with Crippen LogP contribution in [0.5, 0.6) is 11.6 Å². The molecule has 0 amide bonds. The standard InChI is InChI=1S/C12H12N2O2/c1-8-3-4-10(5-9(8)2)16-12-6-11(15)13-7-14-12/h3-7H,1-2H3,(H,13,14,15). The minimum absolute atomic E-state index is 0.228. The number of rotatable bonds is 2. The first kappa shape index (κ1) is 10.4. The molecule has 0 bridgehead atoms. The molecule has 0 saturated heterocycles. The van der Waals surface area contributed by atoms with Gasteiger partial charge in [0, 0.05) is 0 Å². The van der Waals surface area contributed by atoms with Crippen molar-refractivity contribution in [2.45, 2.75) is 13.8 Å². The number of aromatic amines is 1. The van der Waals surface area contributed by atoms with E-state index >= 15 is 0 Å². The summed E-state index contributed by atoms with van der Waals surface area (Å²) in [5.41, 5.74) is 2.11. The van der Waals surface area contributed by atoms with Crippen molar-refractivity contribution in [1.82, 2.24) is 9.97 Å². The van der Waals surface area contributed by atoms with Gasteiger partial charge >= 0.3 is 0 Å². The molecular formula is C12H12N2O2. The average Bonchev–Trinajstić information content (AvgIpc) is 2.24. The number of aromatic nitrogens is 2. The van der Waals surface area contributed by atoms with Crippen LogP contribution in [0, 0.1) is 13.8 Å². The van der Waals surface area contributed by atoms with Crippen molar-refractivity contribution in [3.05, 3.63) is 52.1 Å². The summed E-state index contributed by atoms with van der Waals surface area (Å²) in [6.45, 7) is 4.04. The van der Waals surface area contributed by atoms with E-state index in [-0.39, 0.29) is 5.56 Å². The molecule has 16 heavy (non-hydrogen) atoms. The molecule has 1 aromatic heterocycles. The van der Waals surface area contributed by atoms with E-state index in [1.807, 2.05) is 32.0 Å². The molecule has 0 radical (unpaired) electrons. The zero-order valence-corrected chi connectivity index (χ0v) is 9.15. The summed E-state index contributed by atoms with van der Waals surface area (Å²) >= 11 is 0. The van der Waals surface area contributed by atoms with E-state index in [4.69, 9.17) is 4.74 Å². The Morgan fingerprint density at radius 3 is 2.69 bits per heavy atom. The molecule has 0 saturated carbocycles. The second kappa shape index (κ2) is 4.18. The lowest BCUT2D eigenvalue weighted by molar-refractivity contribution is 0.460. The van der Waals surface area contributed by atoms with E-state index in [0.717, 1.165) is 5.56 Å². The van der Waals surface area contributed by atoms with Crippen molar-refractivity contribution in [2.24, 2.45) is 0 Å². The minimum atomic E-state index is -0.228. The van der Waals surface area contributed by atoms with Gasteiger partial charge in [0.15, 0.2) is 0 Å². The van der Waals surface area contributed by atoms with Gasteiger partial charge in [0.25, 0.3) is 5.56 Å². The van der Waals surface area contributed by atoms with Gasteiger partial charge in [-0.3, -0.25) is 4.79 Å². The highest BCUT2D eigenvalue weighted by atomic mass is 16.5. The SMILES string of the molecule is Cc1ccc(Oc2cc(=O)[nH]cn2)cc1C. The molecule has 0 spiro atoms. The molecule has 1 N–H and O–H groups in total. The summed E-state index contributed by atoms with van der Waals surface area (Å²) in [6.07, 6.45) is 1.32. The Balaban J connectivity index is 2.27. The van der Waals surface area contributed by atoms with E-state index in [9.17, 15) is 4.79 Å². The maximum absolute atomic E-state index is 11.0. The van der Waals surface area contributed by atoms with E-state index in [1.165, 1.54) is 18.0 Å². The Kier molecular flexibility index (Phi) is 2.72. The van der Waals surface area contributed by atoms with Crippen LogP contribution in [-0.2, 0) is 0 Å². The fourth-order valence-electron chi connectivity index (χ4n) is 1.30. The smallest absolute Gasteiger partial charge is 0.254 e. The number of H-pyrrole nitrogens is 1. The largest absolute Gasteiger partial charge is 0.439 e. The zero-order valence-electron chi connectivity index (χ0n) is 9.15. The second-order valence-electron chi connectivity index (χ2n) is 3.60. The molecule has 2 rings (SSSR count). The zero-order chi connectivity index (χ0) is 11.5. The van der Waals surface area contributed by atoms with Crippen LogP contribution in [0.4, 0.5) is 0 Å². The lowest BCUT2D eigenvalue weighted by atomic mass is 10.1. The summed E-state index contributed by atoms with van der Waals surface area (Å²) < 4.78 is 5.46. The van der Waals surface area contributed by atoms with Gasteiger partial charge in [-0.2, -0.15) is 0 Å². The summed E-state index contributed by atoms with van der Waals surface area (Å²) in [7, 11) is 0. The molecule has 0 aliphatic rings. The van der Waals surface area contributed by atoms with Crippen LogP contribution < -0.4 is 10.3 Å². The van der Waals surface area contributed by atoms with Crippen LogP contribution in [0.15, 0.2) is 35.4 Å². The minimum Gasteiger partial charge on any atom is -0.439 e. The van der Waals surface area contributed by atoms with Gasteiger partial charge in [-0.25, -0.2) is 4.98 Å².